The Balaban J connectivity index is 2.00. The molecule has 2 N–H and O–H groups in total. The molecule has 1 aromatic carbocycles. The first kappa shape index (κ1) is 14.6. The van der Waals surface area contributed by atoms with Crippen LogP contribution >= 0.6 is 0 Å². The predicted molar refractivity (Wildman–Crippen MR) is 77.6 cm³/mol. The molecule has 20 heavy (non-hydrogen) atoms. The van der Waals surface area contributed by atoms with Gasteiger partial charge in [0.25, 0.3) is 0 Å². The number of amides is 1. The van der Waals surface area contributed by atoms with Crippen molar-refractivity contribution in [3.63, 3.8) is 0 Å². The van der Waals surface area contributed by atoms with Crippen molar-refractivity contribution >= 4 is 17.6 Å². The molecule has 1 saturated carbocycles. The summed E-state index contributed by atoms with van der Waals surface area (Å²) in [5.41, 5.74) is 1.43. The lowest BCUT2D eigenvalue weighted by atomic mass is 9.88. The Morgan fingerprint density at radius 2 is 2.00 bits per heavy atom. The summed E-state index contributed by atoms with van der Waals surface area (Å²) in [6, 6.07) is 7.44. The Labute approximate surface area is 119 Å². The zero-order valence-electron chi connectivity index (χ0n) is 11.8. The van der Waals surface area contributed by atoms with Crippen LogP contribution in [-0.4, -0.2) is 17.0 Å². The van der Waals surface area contributed by atoms with Crippen molar-refractivity contribution in [3.05, 3.63) is 29.8 Å². The number of benzene rings is 1. The molecule has 4 heteroatoms. The second-order valence-corrected chi connectivity index (χ2v) is 5.82. The van der Waals surface area contributed by atoms with Gasteiger partial charge < -0.3 is 10.4 Å². The van der Waals surface area contributed by atoms with Crippen molar-refractivity contribution in [2.24, 2.45) is 5.41 Å². The van der Waals surface area contributed by atoms with E-state index in [1.54, 1.807) is 0 Å². The van der Waals surface area contributed by atoms with E-state index < -0.39 is 5.97 Å². The maximum atomic E-state index is 12.3. The van der Waals surface area contributed by atoms with E-state index >= 15 is 0 Å². The number of carboxylic acid groups (broad SMARTS) is 1. The minimum Gasteiger partial charge on any atom is -0.481 e. The molecule has 0 saturated heterocycles. The van der Waals surface area contributed by atoms with Gasteiger partial charge in [0.1, 0.15) is 0 Å². The number of anilines is 1. The van der Waals surface area contributed by atoms with E-state index in [4.69, 9.17) is 5.11 Å². The fourth-order valence-electron chi connectivity index (χ4n) is 2.72. The molecular weight excluding hydrogens is 254 g/mol. The molecule has 0 spiro atoms. The SMILES string of the molecule is CC1(C(=O)Nc2cccc(CCC(=O)O)c2)CCCC1. The van der Waals surface area contributed by atoms with Gasteiger partial charge in [-0.15, -0.1) is 0 Å². The highest BCUT2D eigenvalue weighted by atomic mass is 16.4. The Bertz CT molecular complexity index is 504. The second kappa shape index (κ2) is 6.07. The number of aliphatic carboxylic acids is 1. The van der Waals surface area contributed by atoms with Gasteiger partial charge in [0, 0.05) is 17.5 Å². The average molecular weight is 275 g/mol. The van der Waals surface area contributed by atoms with E-state index in [1.807, 2.05) is 31.2 Å². The van der Waals surface area contributed by atoms with Crippen molar-refractivity contribution in [3.8, 4) is 0 Å². The minimum atomic E-state index is -0.807. The number of hydrogen-bond acceptors (Lipinski definition) is 2. The van der Waals surface area contributed by atoms with E-state index in [0.717, 1.165) is 36.9 Å². The molecule has 4 nitrogen and oxygen atoms in total. The third-order valence-electron chi connectivity index (χ3n) is 4.07. The van der Waals surface area contributed by atoms with E-state index in [1.165, 1.54) is 0 Å². The van der Waals surface area contributed by atoms with Gasteiger partial charge in [-0.3, -0.25) is 9.59 Å². The molecule has 1 amide bonds. The highest BCUT2D eigenvalue weighted by molar-refractivity contribution is 5.95. The van der Waals surface area contributed by atoms with Crippen molar-refractivity contribution in [1.29, 1.82) is 0 Å². The Hall–Kier alpha value is -1.84. The van der Waals surface area contributed by atoms with Gasteiger partial charge in [-0.25, -0.2) is 0 Å². The molecule has 108 valence electrons. The van der Waals surface area contributed by atoms with E-state index in [0.29, 0.717) is 6.42 Å². The number of carbonyl (C=O) groups excluding carboxylic acids is 1. The van der Waals surface area contributed by atoms with Crippen LogP contribution in [0.2, 0.25) is 0 Å². The molecule has 0 radical (unpaired) electrons. The number of rotatable bonds is 5. The normalized spacial score (nSPS) is 16.9. The standard InChI is InChI=1S/C16H21NO3/c1-16(9-2-3-10-16)15(20)17-13-6-4-5-12(11-13)7-8-14(18)19/h4-6,11H,2-3,7-10H2,1H3,(H,17,20)(H,18,19). The lowest BCUT2D eigenvalue weighted by Crippen LogP contribution is -2.30. The maximum Gasteiger partial charge on any atom is 0.303 e. The van der Waals surface area contributed by atoms with Gasteiger partial charge in [0.2, 0.25) is 5.91 Å². The van der Waals surface area contributed by atoms with Gasteiger partial charge in [0.05, 0.1) is 0 Å². The summed E-state index contributed by atoms with van der Waals surface area (Å²) in [4.78, 5) is 22.9. The maximum absolute atomic E-state index is 12.3. The molecule has 1 aliphatic carbocycles. The second-order valence-electron chi connectivity index (χ2n) is 5.82. The molecule has 0 atom stereocenters. The molecular formula is C16H21NO3. The van der Waals surface area contributed by atoms with Crippen molar-refractivity contribution in [1.82, 2.24) is 0 Å². The van der Waals surface area contributed by atoms with Crippen LogP contribution in [0.4, 0.5) is 5.69 Å². The Morgan fingerprint density at radius 3 is 2.65 bits per heavy atom. The minimum absolute atomic E-state index is 0.0744. The molecule has 0 unspecified atom stereocenters. The van der Waals surface area contributed by atoms with Crippen LogP contribution in [0.25, 0.3) is 0 Å². The molecule has 0 heterocycles. The third-order valence-corrected chi connectivity index (χ3v) is 4.07. The summed E-state index contributed by atoms with van der Waals surface area (Å²) in [6.07, 6.45) is 4.70. The topological polar surface area (TPSA) is 66.4 Å². The van der Waals surface area contributed by atoms with E-state index in [9.17, 15) is 9.59 Å². The van der Waals surface area contributed by atoms with Crippen LogP contribution in [0.3, 0.4) is 0 Å². The van der Waals surface area contributed by atoms with Crippen LogP contribution in [0.5, 0.6) is 0 Å². The zero-order chi connectivity index (χ0) is 14.6. The summed E-state index contributed by atoms with van der Waals surface area (Å²) in [5.74, 6) is -0.733. The fourth-order valence-corrected chi connectivity index (χ4v) is 2.72. The Morgan fingerprint density at radius 1 is 1.30 bits per heavy atom. The molecule has 2 rings (SSSR count). The average Bonchev–Trinajstić information content (AvgIpc) is 2.85. The smallest absolute Gasteiger partial charge is 0.303 e. The number of carbonyl (C=O) groups is 2. The first-order chi connectivity index (χ1) is 9.49. The van der Waals surface area contributed by atoms with Crippen LogP contribution in [0.1, 0.15) is 44.6 Å². The van der Waals surface area contributed by atoms with Gasteiger partial charge >= 0.3 is 5.97 Å². The molecule has 1 aromatic rings. The summed E-state index contributed by atoms with van der Waals surface area (Å²) in [5, 5.41) is 11.7. The third kappa shape index (κ3) is 3.59. The number of aryl methyl sites for hydroxylation is 1. The van der Waals surface area contributed by atoms with E-state index in [-0.39, 0.29) is 17.7 Å². The Kier molecular flexibility index (Phi) is 4.42. The van der Waals surface area contributed by atoms with Crippen LogP contribution in [-0.2, 0) is 16.0 Å². The predicted octanol–water partition coefficient (Wildman–Crippen LogP) is 3.22. The molecule has 1 aliphatic rings. The monoisotopic (exact) mass is 275 g/mol. The summed E-state index contributed by atoms with van der Waals surface area (Å²) in [7, 11) is 0. The number of carboxylic acids is 1. The van der Waals surface area contributed by atoms with Crippen LogP contribution in [0.15, 0.2) is 24.3 Å². The fraction of sp³-hybridized carbons (Fsp3) is 0.500. The first-order valence-corrected chi connectivity index (χ1v) is 7.12. The van der Waals surface area contributed by atoms with Crippen molar-refractivity contribution in [2.75, 3.05) is 5.32 Å². The van der Waals surface area contributed by atoms with E-state index in [2.05, 4.69) is 5.32 Å². The van der Waals surface area contributed by atoms with Gasteiger partial charge in [0.15, 0.2) is 0 Å². The van der Waals surface area contributed by atoms with Crippen LogP contribution < -0.4 is 5.32 Å². The number of hydrogen-bond donors (Lipinski definition) is 2. The van der Waals surface area contributed by atoms with Gasteiger partial charge in [-0.2, -0.15) is 0 Å². The van der Waals surface area contributed by atoms with Gasteiger partial charge in [-0.05, 0) is 37.0 Å². The quantitative estimate of drug-likeness (QED) is 0.867. The molecule has 0 aromatic heterocycles. The number of nitrogens with one attached hydrogen (secondary N) is 1. The largest absolute Gasteiger partial charge is 0.481 e. The molecule has 1 fully saturated rings. The summed E-state index contributed by atoms with van der Waals surface area (Å²) < 4.78 is 0. The summed E-state index contributed by atoms with van der Waals surface area (Å²) >= 11 is 0. The zero-order valence-corrected chi connectivity index (χ0v) is 11.8. The summed E-state index contributed by atoms with van der Waals surface area (Å²) in [6.45, 7) is 2.02. The highest BCUT2D eigenvalue weighted by Gasteiger charge is 2.36. The lowest BCUT2D eigenvalue weighted by Gasteiger charge is -2.22. The van der Waals surface area contributed by atoms with Crippen LogP contribution in [0, 0.1) is 5.41 Å². The first-order valence-electron chi connectivity index (χ1n) is 7.12. The van der Waals surface area contributed by atoms with Crippen molar-refractivity contribution < 1.29 is 14.7 Å². The molecule has 0 bridgehead atoms. The van der Waals surface area contributed by atoms with Crippen molar-refractivity contribution in [2.45, 2.75) is 45.4 Å². The molecule has 0 aliphatic heterocycles. The van der Waals surface area contributed by atoms with Gasteiger partial charge in [-0.1, -0.05) is 31.9 Å². The lowest BCUT2D eigenvalue weighted by molar-refractivity contribution is -0.137. The highest BCUT2D eigenvalue weighted by Crippen LogP contribution is 2.38.